The highest BCUT2D eigenvalue weighted by atomic mass is 16.6. The largest absolute Gasteiger partial charge is 0.458 e. The van der Waals surface area contributed by atoms with Crippen LogP contribution >= 0.6 is 0 Å². The van der Waals surface area contributed by atoms with Crippen LogP contribution in [0.5, 0.6) is 0 Å². The molecule has 0 N–H and O–H groups in total. The predicted molar refractivity (Wildman–Crippen MR) is 67.6 cm³/mol. The van der Waals surface area contributed by atoms with E-state index in [0.29, 0.717) is 30.4 Å². The number of rotatable bonds is 0. The van der Waals surface area contributed by atoms with Crippen LogP contribution in [0.4, 0.5) is 0 Å². The lowest BCUT2D eigenvalue weighted by Gasteiger charge is -2.29. The van der Waals surface area contributed by atoms with Crippen molar-refractivity contribution in [3.05, 3.63) is 23.8 Å². The molecule has 4 heterocycles. The molecule has 0 aromatic rings. The zero-order valence-corrected chi connectivity index (χ0v) is 11.3. The molecular weight excluding hydrogens is 260 g/mol. The zero-order chi connectivity index (χ0) is 14.1. The molecule has 5 aliphatic rings. The summed E-state index contributed by atoms with van der Waals surface area (Å²) in [5.41, 5.74) is 0.658. The Balaban J connectivity index is 1.73. The van der Waals surface area contributed by atoms with E-state index in [0.717, 1.165) is 0 Å². The number of carbonyl (C=O) groups excluding carboxylic acids is 2. The molecule has 0 radical (unpaired) electrons. The first-order valence-electron chi connectivity index (χ1n) is 6.96. The van der Waals surface area contributed by atoms with Gasteiger partial charge < -0.3 is 14.2 Å². The second kappa shape index (κ2) is 3.73. The summed E-state index contributed by atoms with van der Waals surface area (Å²) in [5.74, 6) is -0.738. The van der Waals surface area contributed by atoms with Gasteiger partial charge in [-0.25, -0.2) is 9.59 Å². The molecule has 5 heteroatoms. The molecule has 2 unspecified atom stereocenters. The average Bonchev–Trinajstić information content (AvgIpc) is 3.00. The van der Waals surface area contributed by atoms with Gasteiger partial charge in [0.1, 0.15) is 17.8 Å². The molecule has 0 spiro atoms. The molecule has 4 aliphatic heterocycles. The first-order chi connectivity index (χ1) is 9.49. The van der Waals surface area contributed by atoms with E-state index in [1.54, 1.807) is 0 Å². The Labute approximate surface area is 116 Å². The minimum absolute atomic E-state index is 0.00731. The van der Waals surface area contributed by atoms with Crippen LogP contribution in [0.3, 0.4) is 0 Å². The summed E-state index contributed by atoms with van der Waals surface area (Å²) in [5, 5.41) is 0. The van der Waals surface area contributed by atoms with Crippen LogP contribution < -0.4 is 0 Å². The van der Waals surface area contributed by atoms with Crippen molar-refractivity contribution >= 4 is 11.9 Å². The van der Waals surface area contributed by atoms with Gasteiger partial charge in [-0.15, -0.1) is 0 Å². The minimum Gasteiger partial charge on any atom is -0.458 e. The van der Waals surface area contributed by atoms with Gasteiger partial charge in [0.2, 0.25) is 0 Å². The van der Waals surface area contributed by atoms with Crippen molar-refractivity contribution in [1.82, 2.24) is 0 Å². The molecule has 1 aliphatic carbocycles. The van der Waals surface area contributed by atoms with Crippen LogP contribution in [0.2, 0.25) is 0 Å². The summed E-state index contributed by atoms with van der Waals surface area (Å²) < 4.78 is 16.6. The van der Waals surface area contributed by atoms with Gasteiger partial charge in [0.15, 0.2) is 0 Å². The Morgan fingerprint density at radius 1 is 1.25 bits per heavy atom. The predicted octanol–water partition coefficient (Wildman–Crippen LogP) is 1.28. The summed E-state index contributed by atoms with van der Waals surface area (Å²) in [4.78, 5) is 23.8. The molecular formula is C15H16O5. The van der Waals surface area contributed by atoms with Crippen LogP contribution in [0.1, 0.15) is 26.2 Å². The minimum atomic E-state index is -0.439. The molecule has 5 atom stereocenters. The molecule has 20 heavy (non-hydrogen) atoms. The number of epoxide rings is 1. The van der Waals surface area contributed by atoms with Crippen molar-refractivity contribution in [2.75, 3.05) is 0 Å². The van der Waals surface area contributed by atoms with Crippen molar-refractivity contribution in [2.45, 2.75) is 50.1 Å². The van der Waals surface area contributed by atoms with Gasteiger partial charge in [-0.2, -0.15) is 0 Å². The van der Waals surface area contributed by atoms with Crippen molar-refractivity contribution in [3.63, 3.8) is 0 Å². The van der Waals surface area contributed by atoms with Gasteiger partial charge in [-0.3, -0.25) is 0 Å². The van der Waals surface area contributed by atoms with Gasteiger partial charge in [-0.1, -0.05) is 12.7 Å². The first-order valence-corrected chi connectivity index (χ1v) is 6.96. The third kappa shape index (κ3) is 1.53. The lowest BCUT2D eigenvalue weighted by atomic mass is 9.82. The molecule has 0 aromatic carbocycles. The number of esters is 2. The summed E-state index contributed by atoms with van der Waals surface area (Å²) >= 11 is 0. The van der Waals surface area contributed by atoms with E-state index < -0.39 is 5.60 Å². The number of carbonyl (C=O) groups is 2. The molecule has 3 saturated heterocycles. The molecule has 5 rings (SSSR count). The fourth-order valence-electron chi connectivity index (χ4n) is 3.54. The maximum Gasteiger partial charge on any atom is 0.334 e. The third-order valence-electron chi connectivity index (χ3n) is 5.01. The highest BCUT2D eigenvalue weighted by Crippen LogP contribution is 2.50. The van der Waals surface area contributed by atoms with Gasteiger partial charge in [-0.05, 0) is 13.3 Å². The smallest absolute Gasteiger partial charge is 0.334 e. The number of hydrogen-bond acceptors (Lipinski definition) is 5. The normalized spacial score (nSPS) is 46.0. The molecule has 0 amide bonds. The standard InChI is InChI=1S/C15H16O5/c1-7-9-6-12-15(2,20-12)11-4-3-8(14(17)19-11)5-10(9)18-13(7)16/h3,9-12H,1,4-6H2,2H3/t9-,10+,11-,12?,15?/m1/s1. The highest BCUT2D eigenvalue weighted by Gasteiger charge is 2.62. The SMILES string of the molecule is C=C1C(=O)O[C@H]2CC3=CC[C@@H](OC3=O)C3(C)OC3C[C@H]12. The van der Waals surface area contributed by atoms with Crippen molar-refractivity contribution < 1.29 is 23.8 Å². The van der Waals surface area contributed by atoms with Crippen LogP contribution in [-0.4, -0.2) is 35.9 Å². The van der Waals surface area contributed by atoms with Crippen LogP contribution in [0, 0.1) is 5.92 Å². The van der Waals surface area contributed by atoms with Gasteiger partial charge in [0.05, 0.1) is 6.10 Å². The van der Waals surface area contributed by atoms with Gasteiger partial charge in [0, 0.05) is 29.9 Å². The number of hydrogen-bond donors (Lipinski definition) is 0. The summed E-state index contributed by atoms with van der Waals surface area (Å²) in [6.07, 6.45) is 3.12. The Morgan fingerprint density at radius 3 is 2.80 bits per heavy atom. The molecule has 3 fully saturated rings. The van der Waals surface area contributed by atoms with Crippen molar-refractivity contribution in [2.24, 2.45) is 5.92 Å². The summed E-state index contributed by atoms with van der Waals surface area (Å²) in [6.45, 7) is 5.80. The van der Waals surface area contributed by atoms with Crippen molar-refractivity contribution in [3.8, 4) is 0 Å². The van der Waals surface area contributed by atoms with Gasteiger partial charge in [0.25, 0.3) is 0 Å². The fourth-order valence-corrected chi connectivity index (χ4v) is 3.54. The Morgan fingerprint density at radius 2 is 2.05 bits per heavy atom. The van der Waals surface area contributed by atoms with E-state index in [1.807, 2.05) is 13.0 Å². The lowest BCUT2D eigenvalue weighted by Crippen LogP contribution is -2.39. The molecule has 5 nitrogen and oxygen atoms in total. The number of fused-ring (bicyclic) bond motifs is 2. The fraction of sp³-hybridized carbons (Fsp3) is 0.600. The van der Waals surface area contributed by atoms with Gasteiger partial charge >= 0.3 is 11.9 Å². The van der Waals surface area contributed by atoms with E-state index in [-0.39, 0.29) is 36.2 Å². The third-order valence-corrected chi connectivity index (χ3v) is 5.01. The van der Waals surface area contributed by atoms with E-state index in [4.69, 9.17) is 14.2 Å². The highest BCUT2D eigenvalue weighted by molar-refractivity contribution is 5.92. The lowest BCUT2D eigenvalue weighted by molar-refractivity contribution is -0.150. The summed E-state index contributed by atoms with van der Waals surface area (Å²) in [7, 11) is 0. The van der Waals surface area contributed by atoms with Crippen molar-refractivity contribution in [1.29, 1.82) is 0 Å². The molecule has 106 valence electrons. The van der Waals surface area contributed by atoms with E-state index >= 15 is 0 Å². The maximum absolute atomic E-state index is 12.0. The average molecular weight is 276 g/mol. The van der Waals surface area contributed by atoms with Crippen LogP contribution in [0.15, 0.2) is 23.8 Å². The second-order valence-electron chi connectivity index (χ2n) is 6.16. The topological polar surface area (TPSA) is 65.1 Å². The first kappa shape index (κ1) is 12.1. The van der Waals surface area contributed by atoms with E-state index in [1.165, 1.54) is 0 Å². The quantitative estimate of drug-likeness (QED) is 0.379. The maximum atomic E-state index is 12.0. The van der Waals surface area contributed by atoms with Crippen LogP contribution in [-0.2, 0) is 23.8 Å². The molecule has 0 saturated carbocycles. The Bertz CT molecular complexity index is 563. The van der Waals surface area contributed by atoms with Crippen LogP contribution in [0.25, 0.3) is 0 Å². The molecule has 0 aromatic heterocycles. The summed E-state index contributed by atoms with van der Waals surface area (Å²) in [6, 6.07) is 0. The zero-order valence-electron chi connectivity index (χ0n) is 11.3. The Kier molecular flexibility index (Phi) is 2.26. The Hall–Kier alpha value is -1.62. The molecule has 2 bridgehead atoms. The second-order valence-corrected chi connectivity index (χ2v) is 6.16. The van der Waals surface area contributed by atoms with E-state index in [9.17, 15) is 9.59 Å². The van der Waals surface area contributed by atoms with E-state index in [2.05, 4.69) is 6.58 Å². The monoisotopic (exact) mass is 276 g/mol. The number of ether oxygens (including phenoxy) is 3.